The summed E-state index contributed by atoms with van der Waals surface area (Å²) in [4.78, 5) is 14.8. The number of nitrogens with zero attached hydrogens (tertiary/aromatic N) is 1. The Morgan fingerprint density at radius 1 is 1.12 bits per heavy atom. The predicted molar refractivity (Wildman–Crippen MR) is 96.1 cm³/mol. The molecule has 128 valence electrons. The molecule has 0 heterocycles. The third-order valence-corrected chi connectivity index (χ3v) is 3.64. The van der Waals surface area contributed by atoms with E-state index < -0.39 is 0 Å². The minimum Gasteiger partial charge on any atom is -0.493 e. The predicted octanol–water partition coefficient (Wildman–Crippen LogP) is 3.33. The van der Waals surface area contributed by atoms with Crippen LogP contribution < -0.4 is 14.8 Å². The number of hydrogen-bond donors (Lipinski definition) is 1. The van der Waals surface area contributed by atoms with Gasteiger partial charge in [0.25, 0.3) is 5.91 Å². The van der Waals surface area contributed by atoms with Gasteiger partial charge in [-0.25, -0.2) is 0 Å². The molecule has 0 spiro atoms. The molecule has 2 aromatic rings. The minimum atomic E-state index is -0.227. The van der Waals surface area contributed by atoms with Crippen LogP contribution in [0, 0.1) is 6.92 Å². The van der Waals surface area contributed by atoms with E-state index in [2.05, 4.69) is 16.3 Å². The number of amides is 1. The van der Waals surface area contributed by atoms with Crippen molar-refractivity contribution < 1.29 is 14.3 Å². The third-order valence-electron chi connectivity index (χ3n) is 3.64. The van der Waals surface area contributed by atoms with Crippen molar-refractivity contribution in [3.05, 3.63) is 53.1 Å². The van der Waals surface area contributed by atoms with Crippen molar-refractivity contribution >= 4 is 11.6 Å². The number of ether oxygens (including phenoxy) is 2. The molecule has 0 fully saturated rings. The SMILES string of the molecule is COc1cccc(C(=O)Nc2ccc(C)cc2CN(C)C)c1OC. The maximum atomic E-state index is 12.7. The summed E-state index contributed by atoms with van der Waals surface area (Å²) in [7, 11) is 7.07. The molecule has 0 aliphatic rings. The van der Waals surface area contributed by atoms with Gasteiger partial charge in [-0.3, -0.25) is 4.79 Å². The van der Waals surface area contributed by atoms with E-state index in [1.165, 1.54) is 7.11 Å². The van der Waals surface area contributed by atoms with Gasteiger partial charge in [0, 0.05) is 12.2 Å². The summed E-state index contributed by atoms with van der Waals surface area (Å²) in [5.41, 5.74) is 3.46. The number of rotatable bonds is 6. The molecule has 2 aromatic carbocycles. The summed E-state index contributed by atoms with van der Waals surface area (Å²) in [6.07, 6.45) is 0. The molecule has 1 N–H and O–H groups in total. The van der Waals surface area contributed by atoms with Crippen LogP contribution in [0.15, 0.2) is 36.4 Å². The number of para-hydroxylation sites is 1. The molecule has 0 saturated carbocycles. The van der Waals surface area contributed by atoms with Gasteiger partial charge >= 0.3 is 0 Å². The van der Waals surface area contributed by atoms with E-state index in [1.54, 1.807) is 25.3 Å². The molecule has 0 atom stereocenters. The van der Waals surface area contributed by atoms with Gasteiger partial charge in [-0.15, -0.1) is 0 Å². The van der Waals surface area contributed by atoms with Crippen LogP contribution in [0.25, 0.3) is 0 Å². The quantitative estimate of drug-likeness (QED) is 0.884. The highest BCUT2D eigenvalue weighted by Gasteiger charge is 2.17. The van der Waals surface area contributed by atoms with Gasteiger partial charge in [-0.2, -0.15) is 0 Å². The summed E-state index contributed by atoms with van der Waals surface area (Å²) in [5.74, 6) is 0.732. The van der Waals surface area contributed by atoms with Gasteiger partial charge in [0.2, 0.25) is 0 Å². The highest BCUT2D eigenvalue weighted by Crippen LogP contribution is 2.31. The molecule has 0 aromatic heterocycles. The van der Waals surface area contributed by atoms with E-state index in [9.17, 15) is 4.79 Å². The monoisotopic (exact) mass is 328 g/mol. The zero-order chi connectivity index (χ0) is 17.7. The molecule has 24 heavy (non-hydrogen) atoms. The van der Waals surface area contributed by atoms with E-state index in [0.717, 1.165) is 23.4 Å². The molecule has 0 unspecified atom stereocenters. The van der Waals surface area contributed by atoms with Crippen molar-refractivity contribution in [2.24, 2.45) is 0 Å². The highest BCUT2D eigenvalue weighted by molar-refractivity contribution is 6.07. The molecule has 2 rings (SSSR count). The van der Waals surface area contributed by atoms with E-state index in [0.29, 0.717) is 17.1 Å². The first-order chi connectivity index (χ1) is 11.5. The van der Waals surface area contributed by atoms with E-state index >= 15 is 0 Å². The van der Waals surface area contributed by atoms with Crippen LogP contribution >= 0.6 is 0 Å². The van der Waals surface area contributed by atoms with Crippen molar-refractivity contribution in [1.82, 2.24) is 4.90 Å². The molecule has 0 bridgehead atoms. The van der Waals surface area contributed by atoms with E-state index in [1.807, 2.05) is 33.2 Å². The molecular weight excluding hydrogens is 304 g/mol. The lowest BCUT2D eigenvalue weighted by Gasteiger charge is -2.17. The Bertz CT molecular complexity index is 727. The van der Waals surface area contributed by atoms with Crippen molar-refractivity contribution in [1.29, 1.82) is 0 Å². The fourth-order valence-electron chi connectivity index (χ4n) is 2.57. The fourth-order valence-corrected chi connectivity index (χ4v) is 2.57. The maximum absolute atomic E-state index is 12.7. The Kier molecular flexibility index (Phi) is 5.82. The Hall–Kier alpha value is -2.53. The first-order valence-corrected chi connectivity index (χ1v) is 7.73. The Morgan fingerprint density at radius 2 is 1.88 bits per heavy atom. The molecule has 5 nitrogen and oxygen atoms in total. The number of nitrogens with one attached hydrogen (secondary N) is 1. The molecular formula is C19H24N2O3. The molecule has 1 amide bonds. The second-order valence-electron chi connectivity index (χ2n) is 5.89. The average molecular weight is 328 g/mol. The fraction of sp³-hybridized carbons (Fsp3) is 0.316. The van der Waals surface area contributed by atoms with Gasteiger partial charge in [-0.05, 0) is 44.8 Å². The minimum absolute atomic E-state index is 0.227. The number of hydrogen-bond acceptors (Lipinski definition) is 4. The van der Waals surface area contributed by atoms with Crippen molar-refractivity contribution in [3.63, 3.8) is 0 Å². The Balaban J connectivity index is 2.34. The number of carbonyl (C=O) groups is 1. The Morgan fingerprint density at radius 3 is 2.50 bits per heavy atom. The first-order valence-electron chi connectivity index (χ1n) is 7.73. The van der Waals surface area contributed by atoms with Gasteiger partial charge < -0.3 is 19.7 Å². The smallest absolute Gasteiger partial charge is 0.259 e. The zero-order valence-corrected chi connectivity index (χ0v) is 14.8. The number of anilines is 1. The molecule has 0 radical (unpaired) electrons. The molecule has 0 saturated heterocycles. The van der Waals surface area contributed by atoms with Crippen LogP contribution in [0.5, 0.6) is 11.5 Å². The first kappa shape index (κ1) is 17.8. The van der Waals surface area contributed by atoms with Gasteiger partial charge in [0.1, 0.15) is 0 Å². The van der Waals surface area contributed by atoms with E-state index in [-0.39, 0.29) is 5.91 Å². The van der Waals surface area contributed by atoms with Crippen LogP contribution in [0.1, 0.15) is 21.5 Å². The average Bonchev–Trinajstić information content (AvgIpc) is 2.55. The lowest BCUT2D eigenvalue weighted by atomic mass is 10.1. The lowest BCUT2D eigenvalue weighted by Crippen LogP contribution is -2.17. The second-order valence-corrected chi connectivity index (χ2v) is 5.89. The van der Waals surface area contributed by atoms with Crippen LogP contribution in [0.4, 0.5) is 5.69 Å². The summed E-state index contributed by atoms with van der Waals surface area (Å²) in [5, 5.41) is 2.98. The second kappa shape index (κ2) is 7.84. The van der Waals surface area contributed by atoms with Crippen molar-refractivity contribution in [2.75, 3.05) is 33.6 Å². The largest absolute Gasteiger partial charge is 0.493 e. The summed E-state index contributed by atoms with van der Waals surface area (Å²) >= 11 is 0. The van der Waals surface area contributed by atoms with Crippen molar-refractivity contribution in [3.8, 4) is 11.5 Å². The van der Waals surface area contributed by atoms with E-state index in [4.69, 9.17) is 9.47 Å². The Labute approximate surface area is 143 Å². The summed E-state index contributed by atoms with van der Waals surface area (Å²) in [6, 6.07) is 11.2. The highest BCUT2D eigenvalue weighted by atomic mass is 16.5. The van der Waals surface area contributed by atoms with Gasteiger partial charge in [0.05, 0.1) is 19.8 Å². The molecule has 0 aliphatic carbocycles. The van der Waals surface area contributed by atoms with Crippen LogP contribution in [-0.2, 0) is 6.54 Å². The van der Waals surface area contributed by atoms with Crippen LogP contribution in [0.2, 0.25) is 0 Å². The number of benzene rings is 2. The number of aryl methyl sites for hydroxylation is 1. The van der Waals surface area contributed by atoms with Gasteiger partial charge in [0.15, 0.2) is 11.5 Å². The molecule has 0 aliphatic heterocycles. The number of methoxy groups -OCH3 is 2. The number of carbonyl (C=O) groups excluding carboxylic acids is 1. The van der Waals surface area contributed by atoms with Crippen LogP contribution in [0.3, 0.4) is 0 Å². The normalized spacial score (nSPS) is 10.6. The maximum Gasteiger partial charge on any atom is 0.259 e. The lowest BCUT2D eigenvalue weighted by molar-refractivity contribution is 0.102. The molecule has 5 heteroatoms. The standard InChI is InChI=1S/C19H24N2O3/c1-13-9-10-16(14(11-13)12-21(2)3)20-19(22)15-7-6-8-17(23-4)18(15)24-5/h6-11H,12H2,1-5H3,(H,20,22). The van der Waals surface area contributed by atoms with Crippen LogP contribution in [-0.4, -0.2) is 39.1 Å². The zero-order valence-electron chi connectivity index (χ0n) is 14.8. The van der Waals surface area contributed by atoms with Gasteiger partial charge in [-0.1, -0.05) is 23.8 Å². The van der Waals surface area contributed by atoms with Crippen molar-refractivity contribution in [2.45, 2.75) is 13.5 Å². The topological polar surface area (TPSA) is 50.8 Å². The summed E-state index contributed by atoms with van der Waals surface area (Å²) < 4.78 is 10.6. The third kappa shape index (κ3) is 4.06. The summed E-state index contributed by atoms with van der Waals surface area (Å²) in [6.45, 7) is 2.78.